The van der Waals surface area contributed by atoms with E-state index in [0.717, 1.165) is 16.8 Å². The summed E-state index contributed by atoms with van der Waals surface area (Å²) in [5.74, 6) is 0.360. The van der Waals surface area contributed by atoms with Gasteiger partial charge in [-0.2, -0.15) is 5.10 Å². The Bertz CT molecular complexity index is 1140. The van der Waals surface area contributed by atoms with Gasteiger partial charge in [0.2, 0.25) is 0 Å². The van der Waals surface area contributed by atoms with Crippen molar-refractivity contribution >= 4 is 29.4 Å². The number of carbonyl (C=O) groups excluding carboxylic acids is 1. The topological polar surface area (TPSA) is 67.4 Å². The molecule has 6 nitrogen and oxygen atoms in total. The summed E-state index contributed by atoms with van der Waals surface area (Å²) in [7, 11) is 0. The summed E-state index contributed by atoms with van der Waals surface area (Å²) in [6.45, 7) is 6.27. The van der Waals surface area contributed by atoms with Gasteiger partial charge in [-0.15, -0.1) is 0 Å². The molecule has 33 heavy (non-hydrogen) atoms. The summed E-state index contributed by atoms with van der Waals surface area (Å²) in [6.07, 6.45) is 3.71. The average molecular weight is 464 g/mol. The lowest BCUT2D eigenvalue weighted by molar-refractivity contribution is -0.138. The van der Waals surface area contributed by atoms with Crippen LogP contribution in [0.3, 0.4) is 0 Å². The van der Waals surface area contributed by atoms with Crippen molar-refractivity contribution in [2.24, 2.45) is 10.3 Å². The summed E-state index contributed by atoms with van der Waals surface area (Å²) in [5, 5.41) is 10.6. The monoisotopic (exact) mass is 463 g/mol. The second kappa shape index (κ2) is 9.63. The summed E-state index contributed by atoms with van der Waals surface area (Å²) in [6, 6.07) is 18.8. The Morgan fingerprint density at radius 3 is 2.55 bits per heavy atom. The van der Waals surface area contributed by atoms with Crippen LogP contribution in [-0.2, 0) is 15.0 Å². The molecule has 1 amide bonds. The van der Waals surface area contributed by atoms with Gasteiger partial charge < -0.3 is 9.25 Å². The number of furan rings is 1. The zero-order valence-electron chi connectivity index (χ0n) is 18.9. The first-order valence-corrected chi connectivity index (χ1v) is 11.1. The van der Waals surface area contributed by atoms with Crippen LogP contribution in [0.1, 0.15) is 55.7 Å². The molecule has 1 unspecified atom stereocenters. The minimum absolute atomic E-state index is 0.0875. The van der Waals surface area contributed by atoms with Gasteiger partial charge in [0.15, 0.2) is 6.61 Å². The number of rotatable bonds is 6. The predicted octanol–water partition coefficient (Wildman–Crippen LogP) is 5.96. The number of amides is 1. The Balaban J connectivity index is 1.42. The molecule has 1 aliphatic rings. The van der Waals surface area contributed by atoms with E-state index in [9.17, 15) is 4.79 Å². The number of hydrazone groups is 1. The van der Waals surface area contributed by atoms with Gasteiger partial charge in [-0.05, 0) is 46.4 Å². The summed E-state index contributed by atoms with van der Waals surface area (Å²) in [5.41, 5.74) is 3.91. The second-order valence-corrected chi connectivity index (χ2v) is 9.34. The first-order chi connectivity index (χ1) is 15.8. The van der Waals surface area contributed by atoms with E-state index >= 15 is 0 Å². The van der Waals surface area contributed by atoms with E-state index in [-0.39, 0.29) is 24.0 Å². The first-order valence-electron chi connectivity index (χ1n) is 10.8. The van der Waals surface area contributed by atoms with E-state index in [1.54, 1.807) is 30.7 Å². The number of halogens is 1. The van der Waals surface area contributed by atoms with Crippen molar-refractivity contribution in [3.8, 4) is 0 Å². The lowest BCUT2D eigenvalue weighted by atomic mass is 9.87. The Labute approximate surface area is 198 Å². The summed E-state index contributed by atoms with van der Waals surface area (Å²) in [4.78, 5) is 18.2. The lowest BCUT2D eigenvalue weighted by Crippen LogP contribution is -2.29. The van der Waals surface area contributed by atoms with Crippen LogP contribution in [0.5, 0.6) is 0 Å². The molecule has 0 aliphatic carbocycles. The largest absolute Gasteiger partial charge is 0.467 e. The van der Waals surface area contributed by atoms with Crippen LogP contribution in [0.15, 0.2) is 81.6 Å². The fraction of sp³-hybridized carbons (Fsp3) is 0.269. The fourth-order valence-corrected chi connectivity index (χ4v) is 3.71. The molecule has 4 rings (SSSR count). The van der Waals surface area contributed by atoms with Gasteiger partial charge in [0.1, 0.15) is 11.8 Å². The molecule has 0 fully saturated rings. The molecule has 0 N–H and O–H groups in total. The molecule has 0 saturated carbocycles. The highest BCUT2D eigenvalue weighted by Gasteiger charge is 2.35. The highest BCUT2D eigenvalue weighted by atomic mass is 35.5. The van der Waals surface area contributed by atoms with E-state index in [1.807, 2.05) is 30.3 Å². The van der Waals surface area contributed by atoms with Gasteiger partial charge in [-0.1, -0.05) is 73.9 Å². The maximum Gasteiger partial charge on any atom is 0.284 e. The van der Waals surface area contributed by atoms with Crippen LogP contribution in [0.25, 0.3) is 0 Å². The Morgan fingerprint density at radius 2 is 1.91 bits per heavy atom. The molecule has 0 bridgehead atoms. The third-order valence-corrected chi connectivity index (χ3v) is 5.71. The van der Waals surface area contributed by atoms with Gasteiger partial charge in [0.05, 0.1) is 18.2 Å². The molecular formula is C26H26ClN3O3. The molecule has 0 radical (unpaired) electrons. The SMILES string of the molecule is CC(C)(C)c1ccc(C=NOCC(=O)N2N=C(c3ccc(Cl)cc3)CC2c2ccco2)cc1. The van der Waals surface area contributed by atoms with Crippen LogP contribution >= 0.6 is 11.6 Å². The molecule has 7 heteroatoms. The van der Waals surface area contributed by atoms with E-state index in [4.69, 9.17) is 20.9 Å². The summed E-state index contributed by atoms with van der Waals surface area (Å²) < 4.78 is 5.56. The van der Waals surface area contributed by atoms with Crippen molar-refractivity contribution in [2.45, 2.75) is 38.6 Å². The molecule has 170 valence electrons. The Kier molecular flexibility index (Phi) is 6.65. The number of benzene rings is 2. The van der Waals surface area contributed by atoms with Crippen molar-refractivity contribution in [3.63, 3.8) is 0 Å². The molecule has 1 aliphatic heterocycles. The van der Waals surface area contributed by atoms with Gasteiger partial charge in [0, 0.05) is 11.4 Å². The third-order valence-electron chi connectivity index (χ3n) is 5.46. The van der Waals surface area contributed by atoms with Crippen LogP contribution < -0.4 is 0 Å². The zero-order chi connectivity index (χ0) is 23.4. The molecule has 3 aromatic rings. The van der Waals surface area contributed by atoms with Crippen molar-refractivity contribution in [3.05, 3.63) is 94.4 Å². The van der Waals surface area contributed by atoms with Crippen LogP contribution in [-0.4, -0.2) is 29.4 Å². The van der Waals surface area contributed by atoms with E-state index in [0.29, 0.717) is 17.2 Å². The lowest BCUT2D eigenvalue weighted by Gasteiger charge is -2.19. The van der Waals surface area contributed by atoms with Crippen molar-refractivity contribution < 1.29 is 14.0 Å². The Hall–Kier alpha value is -3.38. The quantitative estimate of drug-likeness (QED) is 0.334. The van der Waals surface area contributed by atoms with Crippen molar-refractivity contribution in [2.75, 3.05) is 6.61 Å². The highest BCUT2D eigenvalue weighted by molar-refractivity contribution is 6.30. The fourth-order valence-electron chi connectivity index (χ4n) is 3.59. The number of oxime groups is 1. The van der Waals surface area contributed by atoms with Crippen LogP contribution in [0.4, 0.5) is 0 Å². The minimum Gasteiger partial charge on any atom is -0.467 e. The van der Waals surface area contributed by atoms with Gasteiger partial charge in [-0.3, -0.25) is 4.79 Å². The number of hydrogen-bond acceptors (Lipinski definition) is 5. The average Bonchev–Trinajstić information content (AvgIpc) is 3.47. The summed E-state index contributed by atoms with van der Waals surface area (Å²) >= 11 is 6.00. The number of carbonyl (C=O) groups is 1. The molecule has 2 aromatic carbocycles. The van der Waals surface area contributed by atoms with Gasteiger partial charge in [0.25, 0.3) is 5.91 Å². The molecule has 1 atom stereocenters. The first kappa shape index (κ1) is 22.8. The third kappa shape index (κ3) is 5.52. The number of nitrogens with zero attached hydrogens (tertiary/aromatic N) is 3. The molecule has 0 spiro atoms. The minimum atomic E-state index is -0.337. The van der Waals surface area contributed by atoms with E-state index < -0.39 is 0 Å². The molecule has 1 aromatic heterocycles. The zero-order valence-corrected chi connectivity index (χ0v) is 19.6. The van der Waals surface area contributed by atoms with Crippen molar-refractivity contribution in [1.29, 1.82) is 0 Å². The molecule has 0 saturated heterocycles. The number of hydrogen-bond donors (Lipinski definition) is 0. The molecular weight excluding hydrogens is 438 g/mol. The van der Waals surface area contributed by atoms with Gasteiger partial charge >= 0.3 is 0 Å². The molecule has 2 heterocycles. The van der Waals surface area contributed by atoms with Crippen LogP contribution in [0.2, 0.25) is 5.02 Å². The Morgan fingerprint density at radius 1 is 1.18 bits per heavy atom. The second-order valence-electron chi connectivity index (χ2n) is 8.91. The maximum atomic E-state index is 12.9. The van der Waals surface area contributed by atoms with E-state index in [2.05, 4.69) is 43.2 Å². The maximum absolute atomic E-state index is 12.9. The highest BCUT2D eigenvalue weighted by Crippen LogP contribution is 2.33. The van der Waals surface area contributed by atoms with Crippen LogP contribution in [0, 0.1) is 0 Å². The standard InChI is InChI=1S/C26H26ClN3O3/c1-26(2,3)20-10-6-18(7-11-20)16-28-33-17-25(31)30-23(24-5-4-14-32-24)15-22(29-30)19-8-12-21(27)13-9-19/h4-14,16,23H,15,17H2,1-3H3. The van der Waals surface area contributed by atoms with E-state index in [1.165, 1.54) is 10.6 Å². The smallest absolute Gasteiger partial charge is 0.284 e. The normalized spacial score (nSPS) is 16.3. The van der Waals surface area contributed by atoms with Gasteiger partial charge in [-0.25, -0.2) is 5.01 Å². The predicted molar refractivity (Wildman–Crippen MR) is 130 cm³/mol. The van der Waals surface area contributed by atoms with Crippen molar-refractivity contribution in [1.82, 2.24) is 5.01 Å².